The number of nitrogens with two attached hydrogens (primary N) is 1. The van der Waals surface area contributed by atoms with E-state index in [2.05, 4.69) is 9.97 Å². The minimum atomic E-state index is 0.172. The lowest BCUT2D eigenvalue weighted by atomic mass is 10.1. The first kappa shape index (κ1) is 14.1. The molecule has 0 aliphatic rings. The second-order valence-corrected chi connectivity index (χ2v) is 4.61. The predicted octanol–water partition coefficient (Wildman–Crippen LogP) is 3.37. The third kappa shape index (κ3) is 2.99. The van der Waals surface area contributed by atoms with Gasteiger partial charge in [-0.3, -0.25) is 0 Å². The van der Waals surface area contributed by atoms with E-state index in [1.165, 1.54) is 6.33 Å². The van der Waals surface area contributed by atoms with E-state index in [9.17, 15) is 0 Å². The highest BCUT2D eigenvalue weighted by Crippen LogP contribution is 2.35. The van der Waals surface area contributed by atoms with Gasteiger partial charge in [-0.2, -0.15) is 0 Å². The van der Waals surface area contributed by atoms with Crippen molar-refractivity contribution in [1.82, 2.24) is 9.97 Å². The van der Waals surface area contributed by atoms with Gasteiger partial charge >= 0.3 is 0 Å². The quantitative estimate of drug-likeness (QED) is 0.904. The number of ether oxygens (including phenoxy) is 2. The molecular weight excluding hydrogens is 254 g/mol. The number of hydrogen-bond donors (Lipinski definition) is 1. The SMILES string of the molecule is CCOc1ccccc1Oc1ncnc(N)c1C(C)C. The van der Waals surface area contributed by atoms with Gasteiger partial charge in [0.15, 0.2) is 11.5 Å². The van der Waals surface area contributed by atoms with Crippen LogP contribution in [0.1, 0.15) is 32.3 Å². The molecule has 0 aliphatic heterocycles. The number of anilines is 1. The van der Waals surface area contributed by atoms with E-state index in [0.29, 0.717) is 29.8 Å². The van der Waals surface area contributed by atoms with E-state index < -0.39 is 0 Å². The molecule has 0 spiro atoms. The minimum Gasteiger partial charge on any atom is -0.490 e. The second kappa shape index (κ2) is 6.23. The number of rotatable bonds is 5. The Morgan fingerprint density at radius 1 is 1.15 bits per heavy atom. The molecule has 5 heteroatoms. The molecule has 0 radical (unpaired) electrons. The maximum absolute atomic E-state index is 5.91. The summed E-state index contributed by atoms with van der Waals surface area (Å²) >= 11 is 0. The van der Waals surface area contributed by atoms with Crippen LogP contribution in [0.5, 0.6) is 17.4 Å². The van der Waals surface area contributed by atoms with Gasteiger partial charge in [0.1, 0.15) is 12.1 Å². The van der Waals surface area contributed by atoms with Crippen molar-refractivity contribution in [3.05, 3.63) is 36.2 Å². The maximum atomic E-state index is 5.91. The Morgan fingerprint density at radius 2 is 1.85 bits per heavy atom. The first-order chi connectivity index (χ1) is 9.63. The van der Waals surface area contributed by atoms with E-state index in [1.807, 2.05) is 45.0 Å². The molecule has 1 heterocycles. The van der Waals surface area contributed by atoms with Gasteiger partial charge in [-0.15, -0.1) is 0 Å². The van der Waals surface area contributed by atoms with Crippen LogP contribution >= 0.6 is 0 Å². The molecule has 2 N–H and O–H groups in total. The average Bonchev–Trinajstić information content (AvgIpc) is 2.41. The Labute approximate surface area is 118 Å². The Balaban J connectivity index is 2.38. The fourth-order valence-corrected chi connectivity index (χ4v) is 1.93. The van der Waals surface area contributed by atoms with Crippen LogP contribution in [0.25, 0.3) is 0 Å². The highest BCUT2D eigenvalue weighted by atomic mass is 16.5. The van der Waals surface area contributed by atoms with E-state index in [-0.39, 0.29) is 5.92 Å². The fraction of sp³-hybridized carbons (Fsp3) is 0.333. The summed E-state index contributed by atoms with van der Waals surface area (Å²) in [4.78, 5) is 8.21. The monoisotopic (exact) mass is 273 g/mol. The molecule has 0 saturated carbocycles. The Hall–Kier alpha value is -2.30. The topological polar surface area (TPSA) is 70.3 Å². The van der Waals surface area contributed by atoms with Crippen LogP contribution in [0.4, 0.5) is 5.82 Å². The molecule has 0 bridgehead atoms. The number of benzene rings is 1. The van der Waals surface area contributed by atoms with Crippen LogP contribution in [0.15, 0.2) is 30.6 Å². The molecule has 106 valence electrons. The first-order valence-corrected chi connectivity index (χ1v) is 6.63. The molecule has 0 aliphatic carbocycles. The van der Waals surface area contributed by atoms with Crippen molar-refractivity contribution in [1.29, 1.82) is 0 Å². The normalized spacial score (nSPS) is 10.6. The third-order valence-electron chi connectivity index (χ3n) is 2.81. The van der Waals surface area contributed by atoms with E-state index >= 15 is 0 Å². The zero-order valence-corrected chi connectivity index (χ0v) is 12.0. The smallest absolute Gasteiger partial charge is 0.228 e. The number of para-hydroxylation sites is 2. The van der Waals surface area contributed by atoms with Gasteiger partial charge in [0.2, 0.25) is 5.88 Å². The summed E-state index contributed by atoms with van der Waals surface area (Å²) in [5.74, 6) is 2.39. The molecule has 0 unspecified atom stereocenters. The van der Waals surface area contributed by atoms with Crippen LogP contribution in [-0.2, 0) is 0 Å². The number of nitrogen functional groups attached to an aromatic ring is 1. The molecular formula is C15H19N3O2. The van der Waals surface area contributed by atoms with Crippen molar-refractivity contribution in [2.75, 3.05) is 12.3 Å². The van der Waals surface area contributed by atoms with Crippen molar-refractivity contribution in [2.45, 2.75) is 26.7 Å². The zero-order valence-electron chi connectivity index (χ0n) is 12.0. The van der Waals surface area contributed by atoms with Crippen molar-refractivity contribution in [2.24, 2.45) is 0 Å². The molecule has 0 fully saturated rings. The molecule has 1 aromatic heterocycles. The van der Waals surface area contributed by atoms with E-state index in [1.54, 1.807) is 0 Å². The van der Waals surface area contributed by atoms with Gasteiger partial charge in [-0.1, -0.05) is 26.0 Å². The summed E-state index contributed by atoms with van der Waals surface area (Å²) in [5.41, 5.74) is 6.71. The standard InChI is InChI=1S/C15H19N3O2/c1-4-19-11-7-5-6-8-12(11)20-15-13(10(2)3)14(16)17-9-18-15/h5-10H,4H2,1-3H3,(H2,16,17,18). The Morgan fingerprint density at radius 3 is 2.50 bits per heavy atom. The molecule has 2 aromatic rings. The summed E-state index contributed by atoms with van der Waals surface area (Å²) in [6, 6.07) is 7.48. The molecule has 0 atom stereocenters. The molecule has 5 nitrogen and oxygen atoms in total. The zero-order chi connectivity index (χ0) is 14.5. The van der Waals surface area contributed by atoms with Crippen LogP contribution in [0.3, 0.4) is 0 Å². The molecule has 20 heavy (non-hydrogen) atoms. The lowest BCUT2D eigenvalue weighted by Gasteiger charge is -2.15. The second-order valence-electron chi connectivity index (χ2n) is 4.61. The molecule has 1 aromatic carbocycles. The largest absolute Gasteiger partial charge is 0.490 e. The third-order valence-corrected chi connectivity index (χ3v) is 2.81. The van der Waals surface area contributed by atoms with E-state index in [0.717, 1.165) is 5.56 Å². The van der Waals surface area contributed by atoms with E-state index in [4.69, 9.17) is 15.2 Å². The van der Waals surface area contributed by atoms with Gasteiger partial charge in [0.25, 0.3) is 0 Å². The lowest BCUT2D eigenvalue weighted by Crippen LogP contribution is -2.05. The van der Waals surface area contributed by atoms with Gasteiger partial charge < -0.3 is 15.2 Å². The van der Waals surface area contributed by atoms with Crippen LogP contribution in [0.2, 0.25) is 0 Å². The fourth-order valence-electron chi connectivity index (χ4n) is 1.93. The molecule has 2 rings (SSSR count). The van der Waals surface area contributed by atoms with Gasteiger partial charge in [-0.05, 0) is 25.0 Å². The number of aromatic nitrogens is 2. The summed E-state index contributed by atoms with van der Waals surface area (Å²) in [6.07, 6.45) is 1.40. The van der Waals surface area contributed by atoms with Gasteiger partial charge in [0.05, 0.1) is 12.2 Å². The highest BCUT2D eigenvalue weighted by Gasteiger charge is 2.16. The van der Waals surface area contributed by atoms with Crippen molar-refractivity contribution in [3.63, 3.8) is 0 Å². The summed E-state index contributed by atoms with van der Waals surface area (Å²) in [7, 11) is 0. The van der Waals surface area contributed by atoms with Crippen LogP contribution < -0.4 is 15.2 Å². The molecule has 0 amide bonds. The van der Waals surface area contributed by atoms with Crippen molar-refractivity contribution in [3.8, 4) is 17.4 Å². The number of nitrogens with zero attached hydrogens (tertiary/aromatic N) is 2. The lowest BCUT2D eigenvalue weighted by molar-refractivity contribution is 0.318. The van der Waals surface area contributed by atoms with Crippen molar-refractivity contribution < 1.29 is 9.47 Å². The van der Waals surface area contributed by atoms with Gasteiger partial charge in [-0.25, -0.2) is 9.97 Å². The summed E-state index contributed by atoms with van der Waals surface area (Å²) < 4.78 is 11.4. The van der Waals surface area contributed by atoms with Gasteiger partial charge in [0, 0.05) is 0 Å². The van der Waals surface area contributed by atoms with Crippen molar-refractivity contribution >= 4 is 5.82 Å². The highest BCUT2D eigenvalue weighted by molar-refractivity contribution is 5.49. The number of hydrogen-bond acceptors (Lipinski definition) is 5. The van der Waals surface area contributed by atoms with Crippen LogP contribution in [-0.4, -0.2) is 16.6 Å². The van der Waals surface area contributed by atoms with Crippen LogP contribution in [0, 0.1) is 0 Å². The first-order valence-electron chi connectivity index (χ1n) is 6.63. The predicted molar refractivity (Wildman–Crippen MR) is 78.2 cm³/mol. The summed E-state index contributed by atoms with van der Waals surface area (Å²) in [5, 5.41) is 0. The summed E-state index contributed by atoms with van der Waals surface area (Å²) in [6.45, 7) is 6.55. The maximum Gasteiger partial charge on any atom is 0.228 e. The minimum absolute atomic E-state index is 0.172. The Kier molecular flexibility index (Phi) is 4.40. The average molecular weight is 273 g/mol. The molecule has 0 saturated heterocycles. The Bertz CT molecular complexity index is 585.